The van der Waals surface area contributed by atoms with Crippen LogP contribution in [0, 0.1) is 0 Å². The monoisotopic (exact) mass is 316 g/mol. The number of rotatable bonds is 4. The molecule has 0 atom stereocenters. The fourth-order valence-electron chi connectivity index (χ4n) is 1.85. The summed E-state index contributed by atoms with van der Waals surface area (Å²) in [5, 5.41) is 3.48. The molecule has 0 aliphatic rings. The van der Waals surface area contributed by atoms with Gasteiger partial charge in [-0.3, -0.25) is 9.78 Å². The van der Waals surface area contributed by atoms with Crippen molar-refractivity contribution in [3.8, 4) is 0 Å². The first-order valence-corrected chi connectivity index (χ1v) is 7.38. The number of nitrogens with zero attached hydrogens (tertiary/aromatic N) is 2. The predicted octanol–water partition coefficient (Wildman–Crippen LogP) is 2.30. The van der Waals surface area contributed by atoms with Crippen molar-refractivity contribution in [3.63, 3.8) is 0 Å². The normalized spacial score (nSPS) is 10.6. The summed E-state index contributed by atoms with van der Waals surface area (Å²) in [4.78, 5) is 34.2. The van der Waals surface area contributed by atoms with Crippen molar-refractivity contribution >= 4 is 38.6 Å². The molecule has 2 aromatic heterocycles. The van der Waals surface area contributed by atoms with Crippen molar-refractivity contribution in [2.75, 3.05) is 11.9 Å². The molecule has 0 amide bonds. The number of hydrogen-bond donors (Lipinski definition) is 2. The van der Waals surface area contributed by atoms with E-state index in [1.165, 1.54) is 11.3 Å². The van der Waals surface area contributed by atoms with Gasteiger partial charge in [-0.1, -0.05) is 23.5 Å². The van der Waals surface area contributed by atoms with E-state index >= 15 is 0 Å². The number of carbonyl (C=O) groups is 1. The Kier molecular flexibility index (Phi) is 3.84. The predicted molar refractivity (Wildman–Crippen MR) is 83.7 cm³/mol. The number of thiazole rings is 1. The van der Waals surface area contributed by atoms with Crippen LogP contribution in [-0.4, -0.2) is 27.5 Å². The second-order valence-electron chi connectivity index (χ2n) is 4.31. The number of para-hydroxylation sites is 1. The highest BCUT2D eigenvalue weighted by molar-refractivity contribution is 7.22. The van der Waals surface area contributed by atoms with Crippen LogP contribution in [0.15, 0.2) is 35.1 Å². The molecule has 2 N–H and O–H groups in total. The molecule has 0 radical (unpaired) electrons. The van der Waals surface area contributed by atoms with Crippen LogP contribution in [0.4, 0.5) is 11.1 Å². The zero-order valence-corrected chi connectivity index (χ0v) is 12.4. The molecule has 3 rings (SSSR count). The number of benzene rings is 1. The molecular weight excluding hydrogens is 304 g/mol. The summed E-state index contributed by atoms with van der Waals surface area (Å²) in [6, 6.07) is 8.76. The summed E-state index contributed by atoms with van der Waals surface area (Å²) >= 11 is 1.42. The maximum atomic E-state index is 11.7. The van der Waals surface area contributed by atoms with Gasteiger partial charge in [0.15, 0.2) is 10.8 Å². The van der Waals surface area contributed by atoms with Gasteiger partial charge < -0.3 is 10.1 Å². The van der Waals surface area contributed by atoms with Gasteiger partial charge in [0.2, 0.25) is 5.95 Å². The zero-order valence-electron chi connectivity index (χ0n) is 11.6. The Morgan fingerprint density at radius 3 is 2.95 bits per heavy atom. The second-order valence-corrected chi connectivity index (χ2v) is 5.34. The van der Waals surface area contributed by atoms with Gasteiger partial charge in [-0.05, 0) is 19.1 Å². The molecule has 0 saturated carbocycles. The molecule has 0 aliphatic carbocycles. The molecule has 112 valence electrons. The molecule has 1 aromatic carbocycles. The third-order valence-electron chi connectivity index (χ3n) is 2.75. The summed E-state index contributed by atoms with van der Waals surface area (Å²) in [6.45, 7) is 1.90. The van der Waals surface area contributed by atoms with Crippen LogP contribution in [0.1, 0.15) is 17.4 Å². The molecule has 0 bridgehead atoms. The van der Waals surface area contributed by atoms with E-state index in [2.05, 4.69) is 20.3 Å². The van der Waals surface area contributed by atoms with Crippen LogP contribution in [0.5, 0.6) is 0 Å². The number of ether oxygens (including phenoxy) is 1. The minimum absolute atomic E-state index is 0.0470. The number of carbonyl (C=O) groups excluding carboxylic acids is 1. The lowest BCUT2D eigenvalue weighted by Gasteiger charge is -2.04. The Labute approximate surface area is 129 Å². The van der Waals surface area contributed by atoms with Gasteiger partial charge >= 0.3 is 5.97 Å². The number of anilines is 2. The van der Waals surface area contributed by atoms with Crippen molar-refractivity contribution < 1.29 is 9.53 Å². The number of esters is 1. The Morgan fingerprint density at radius 2 is 2.18 bits per heavy atom. The molecule has 22 heavy (non-hydrogen) atoms. The van der Waals surface area contributed by atoms with E-state index < -0.39 is 11.5 Å². The van der Waals surface area contributed by atoms with Crippen molar-refractivity contribution in [1.29, 1.82) is 0 Å². The van der Waals surface area contributed by atoms with Gasteiger partial charge in [0.1, 0.15) is 0 Å². The number of nitrogens with one attached hydrogen (secondary N) is 2. The Bertz CT molecular complexity index is 854. The summed E-state index contributed by atoms with van der Waals surface area (Å²) in [7, 11) is 0. The number of aromatic nitrogens is 3. The average molecular weight is 316 g/mol. The molecule has 8 heteroatoms. The van der Waals surface area contributed by atoms with E-state index in [9.17, 15) is 9.59 Å². The van der Waals surface area contributed by atoms with Gasteiger partial charge in [0, 0.05) is 6.07 Å². The minimum Gasteiger partial charge on any atom is -0.461 e. The van der Waals surface area contributed by atoms with Gasteiger partial charge in [-0.15, -0.1) is 0 Å². The quantitative estimate of drug-likeness (QED) is 0.717. The number of hydrogen-bond acceptors (Lipinski definition) is 7. The number of aromatic amines is 1. The molecule has 0 unspecified atom stereocenters. The summed E-state index contributed by atoms with van der Waals surface area (Å²) < 4.78 is 5.85. The molecule has 0 aliphatic heterocycles. The molecule has 0 saturated heterocycles. The first-order valence-electron chi connectivity index (χ1n) is 6.57. The highest BCUT2D eigenvalue weighted by Gasteiger charge is 2.12. The van der Waals surface area contributed by atoms with Crippen LogP contribution >= 0.6 is 11.3 Å². The SMILES string of the molecule is CCOC(=O)c1cc(=O)[nH]c(Nc2nc3ccccc3s2)n1. The lowest BCUT2D eigenvalue weighted by molar-refractivity contribution is 0.0519. The fraction of sp³-hybridized carbons (Fsp3) is 0.143. The van der Waals surface area contributed by atoms with Gasteiger partial charge in [-0.25, -0.2) is 14.8 Å². The van der Waals surface area contributed by atoms with E-state index in [1.54, 1.807) is 6.92 Å². The maximum Gasteiger partial charge on any atom is 0.357 e. The smallest absolute Gasteiger partial charge is 0.357 e. The summed E-state index contributed by atoms with van der Waals surface area (Å²) in [5.41, 5.74) is 0.356. The van der Waals surface area contributed by atoms with Crippen molar-refractivity contribution in [2.24, 2.45) is 0 Å². The van der Waals surface area contributed by atoms with E-state index in [0.29, 0.717) is 5.13 Å². The van der Waals surface area contributed by atoms with Crippen LogP contribution < -0.4 is 10.9 Å². The summed E-state index contributed by atoms with van der Waals surface area (Å²) in [6.07, 6.45) is 0. The molecule has 0 fully saturated rings. The first kappa shape index (κ1) is 14.2. The number of fused-ring (bicyclic) bond motifs is 1. The molecule has 7 nitrogen and oxygen atoms in total. The van der Waals surface area contributed by atoms with Crippen LogP contribution in [0.25, 0.3) is 10.2 Å². The lowest BCUT2D eigenvalue weighted by Crippen LogP contribution is -2.16. The lowest BCUT2D eigenvalue weighted by atomic mass is 10.3. The molecule has 2 heterocycles. The second kappa shape index (κ2) is 5.94. The molecular formula is C14H12N4O3S. The average Bonchev–Trinajstić information content (AvgIpc) is 2.89. The Morgan fingerprint density at radius 1 is 1.36 bits per heavy atom. The number of H-pyrrole nitrogens is 1. The highest BCUT2D eigenvalue weighted by Crippen LogP contribution is 2.26. The third kappa shape index (κ3) is 2.96. The highest BCUT2D eigenvalue weighted by atomic mass is 32.1. The molecule has 0 spiro atoms. The van der Waals surface area contributed by atoms with Crippen LogP contribution in [-0.2, 0) is 4.74 Å². The van der Waals surface area contributed by atoms with Crippen molar-refractivity contribution in [2.45, 2.75) is 6.92 Å². The largest absolute Gasteiger partial charge is 0.461 e. The van der Waals surface area contributed by atoms with Crippen molar-refractivity contribution in [3.05, 3.63) is 46.4 Å². The summed E-state index contributed by atoms with van der Waals surface area (Å²) in [5.74, 6) is -0.490. The van der Waals surface area contributed by atoms with Gasteiger partial charge in [0.25, 0.3) is 5.56 Å². The van der Waals surface area contributed by atoms with Crippen LogP contribution in [0.3, 0.4) is 0 Å². The van der Waals surface area contributed by atoms with E-state index in [1.807, 2.05) is 24.3 Å². The van der Waals surface area contributed by atoms with E-state index in [0.717, 1.165) is 16.3 Å². The Balaban J connectivity index is 1.91. The van der Waals surface area contributed by atoms with E-state index in [4.69, 9.17) is 4.74 Å². The van der Waals surface area contributed by atoms with Crippen molar-refractivity contribution in [1.82, 2.24) is 15.0 Å². The minimum atomic E-state index is -0.638. The van der Waals surface area contributed by atoms with Crippen LogP contribution in [0.2, 0.25) is 0 Å². The standard InChI is InChI=1S/C14H12N4O3S/c1-2-21-12(20)9-7-11(19)17-13(15-9)18-14-16-8-5-3-4-6-10(8)22-14/h3-7H,2H2,1H3,(H2,15,16,17,18,19). The van der Waals surface area contributed by atoms with Gasteiger partial charge in [-0.2, -0.15) is 0 Å². The fourth-order valence-corrected chi connectivity index (χ4v) is 2.72. The van der Waals surface area contributed by atoms with E-state index in [-0.39, 0.29) is 18.2 Å². The first-order chi connectivity index (χ1) is 10.7. The molecule has 3 aromatic rings. The third-order valence-corrected chi connectivity index (χ3v) is 3.70. The Hall–Kier alpha value is -2.74. The topological polar surface area (TPSA) is 97.0 Å². The maximum absolute atomic E-state index is 11.7. The van der Waals surface area contributed by atoms with Gasteiger partial charge in [0.05, 0.1) is 16.8 Å². The zero-order chi connectivity index (χ0) is 15.5.